The molecule has 2 atom stereocenters. The monoisotopic (exact) mass is 1050 g/mol. The molecule has 0 heterocycles. The molecule has 0 aliphatic rings. The van der Waals surface area contributed by atoms with Crippen molar-refractivity contribution in [2.75, 3.05) is 47.5 Å². The number of ether oxygens (including phenoxy) is 4. The zero-order chi connectivity index (χ0) is 54.8. The summed E-state index contributed by atoms with van der Waals surface area (Å²) in [7, 11) is 5.96. The van der Waals surface area contributed by atoms with Crippen molar-refractivity contribution >= 4 is 17.9 Å². The number of hydrogen-bond acceptors (Lipinski definition) is 7. The molecule has 0 radical (unpaired) electrons. The molecule has 0 fully saturated rings. The van der Waals surface area contributed by atoms with Gasteiger partial charge in [0.05, 0.1) is 34.4 Å². The molecule has 0 amide bonds. The highest BCUT2D eigenvalue weighted by Gasteiger charge is 2.25. The van der Waals surface area contributed by atoms with Crippen molar-refractivity contribution in [2.24, 2.45) is 0 Å². The van der Waals surface area contributed by atoms with E-state index in [1.807, 2.05) is 21.1 Å². The number of rotatable bonds is 55. The number of carbonyl (C=O) groups is 3. The van der Waals surface area contributed by atoms with E-state index >= 15 is 0 Å². The van der Waals surface area contributed by atoms with E-state index in [-0.39, 0.29) is 38.6 Å². The Morgan fingerprint density at radius 2 is 0.760 bits per heavy atom. The van der Waals surface area contributed by atoms with Gasteiger partial charge in [-0.3, -0.25) is 9.59 Å². The molecule has 0 bridgehead atoms. The van der Waals surface area contributed by atoms with Gasteiger partial charge < -0.3 is 28.5 Å². The SMILES string of the molecule is CC/C=C\C/C=C\C/C=C\C/C=C\C/C=C\CCCCCCCCCCCCCC(=O)OC(COC(=O)CCCCCCCCCC/C=C\C/C=C\C/C=C\CCCCCCC)COC(OCC[N+](C)(C)C)C(=O)O. The van der Waals surface area contributed by atoms with E-state index < -0.39 is 24.3 Å². The first-order chi connectivity index (χ1) is 36.6. The van der Waals surface area contributed by atoms with Gasteiger partial charge in [0.15, 0.2) is 6.10 Å². The number of carboxylic acids is 1. The van der Waals surface area contributed by atoms with E-state index in [0.717, 1.165) is 103 Å². The van der Waals surface area contributed by atoms with Crippen molar-refractivity contribution < 1.29 is 42.9 Å². The number of quaternary nitrogens is 1. The number of esters is 2. The first-order valence-electron chi connectivity index (χ1n) is 30.4. The van der Waals surface area contributed by atoms with E-state index in [2.05, 4.69) is 111 Å². The number of carboxylic acid groups (broad SMARTS) is 1. The van der Waals surface area contributed by atoms with Gasteiger partial charge in [-0.05, 0) is 96.3 Å². The molecule has 2 unspecified atom stereocenters. The number of aliphatic carboxylic acids is 1. The van der Waals surface area contributed by atoms with Gasteiger partial charge >= 0.3 is 17.9 Å². The lowest BCUT2D eigenvalue weighted by atomic mass is 10.0. The summed E-state index contributed by atoms with van der Waals surface area (Å²) in [5.74, 6) is -2.02. The lowest BCUT2D eigenvalue weighted by molar-refractivity contribution is -0.870. The summed E-state index contributed by atoms with van der Waals surface area (Å²) >= 11 is 0. The predicted molar refractivity (Wildman–Crippen MR) is 318 cm³/mol. The van der Waals surface area contributed by atoms with Gasteiger partial charge in [-0.1, -0.05) is 233 Å². The summed E-state index contributed by atoms with van der Waals surface area (Å²) in [5.41, 5.74) is 0. The topological polar surface area (TPSA) is 108 Å². The van der Waals surface area contributed by atoms with Gasteiger partial charge in [0.25, 0.3) is 6.29 Å². The molecule has 9 nitrogen and oxygen atoms in total. The van der Waals surface area contributed by atoms with Crippen LogP contribution in [-0.2, 0) is 33.3 Å². The Hall–Kier alpha value is -3.79. The minimum atomic E-state index is -1.52. The van der Waals surface area contributed by atoms with Gasteiger partial charge in [-0.15, -0.1) is 0 Å². The van der Waals surface area contributed by atoms with Crippen LogP contribution >= 0.6 is 0 Å². The van der Waals surface area contributed by atoms with Crippen LogP contribution in [0.4, 0.5) is 0 Å². The molecule has 0 spiro atoms. The van der Waals surface area contributed by atoms with E-state index in [0.29, 0.717) is 17.4 Å². The van der Waals surface area contributed by atoms with E-state index in [9.17, 15) is 19.5 Å². The molecule has 0 aromatic carbocycles. The number of unbranched alkanes of at least 4 members (excludes halogenated alkanes) is 24. The van der Waals surface area contributed by atoms with Crippen LogP contribution in [-0.4, -0.2) is 87.4 Å². The molecule has 0 aromatic heterocycles. The Labute approximate surface area is 461 Å². The van der Waals surface area contributed by atoms with Crippen LogP contribution in [0.5, 0.6) is 0 Å². The minimum absolute atomic E-state index is 0.181. The van der Waals surface area contributed by atoms with Gasteiger partial charge in [-0.25, -0.2) is 4.79 Å². The normalized spacial score (nSPS) is 13.5. The molecule has 0 saturated heterocycles. The maximum absolute atomic E-state index is 12.9. The second kappa shape index (κ2) is 56.4. The van der Waals surface area contributed by atoms with Gasteiger partial charge in [-0.2, -0.15) is 0 Å². The maximum atomic E-state index is 12.9. The van der Waals surface area contributed by atoms with Crippen LogP contribution in [0.15, 0.2) is 97.2 Å². The highest BCUT2D eigenvalue weighted by molar-refractivity contribution is 5.71. The summed E-state index contributed by atoms with van der Waals surface area (Å²) in [6.45, 7) is 4.75. The van der Waals surface area contributed by atoms with E-state index in [1.165, 1.54) is 109 Å². The first kappa shape index (κ1) is 71.2. The maximum Gasteiger partial charge on any atom is 0.361 e. The van der Waals surface area contributed by atoms with Crippen molar-refractivity contribution in [3.8, 4) is 0 Å². The molecule has 430 valence electrons. The highest BCUT2D eigenvalue weighted by atomic mass is 16.7. The summed E-state index contributed by atoms with van der Waals surface area (Å²) in [6.07, 6.45) is 73.4. The number of nitrogens with zero attached hydrogens (tertiary/aromatic N) is 1. The molecule has 0 rings (SSSR count). The highest BCUT2D eigenvalue weighted by Crippen LogP contribution is 2.15. The third kappa shape index (κ3) is 57.7. The third-order valence-electron chi connectivity index (χ3n) is 12.8. The molecular formula is C66H114NO8+. The van der Waals surface area contributed by atoms with Crippen LogP contribution in [0.25, 0.3) is 0 Å². The Morgan fingerprint density at radius 3 is 1.13 bits per heavy atom. The second-order valence-electron chi connectivity index (χ2n) is 21.3. The lowest BCUT2D eigenvalue weighted by Gasteiger charge is -2.25. The van der Waals surface area contributed by atoms with Crippen LogP contribution in [0.2, 0.25) is 0 Å². The smallest absolute Gasteiger partial charge is 0.361 e. The van der Waals surface area contributed by atoms with Gasteiger partial charge in [0, 0.05) is 12.8 Å². The van der Waals surface area contributed by atoms with Gasteiger partial charge in [0.1, 0.15) is 13.2 Å². The fraction of sp³-hybridized carbons (Fsp3) is 0.712. The second-order valence-corrected chi connectivity index (χ2v) is 21.3. The third-order valence-corrected chi connectivity index (χ3v) is 12.8. The van der Waals surface area contributed by atoms with Crippen LogP contribution in [0.3, 0.4) is 0 Å². The molecule has 1 N–H and O–H groups in total. The number of carbonyl (C=O) groups excluding carboxylic acids is 2. The molecule has 0 aliphatic heterocycles. The van der Waals surface area contributed by atoms with Crippen molar-refractivity contribution in [1.82, 2.24) is 0 Å². The zero-order valence-electron chi connectivity index (χ0n) is 48.9. The molecule has 0 aliphatic carbocycles. The quantitative estimate of drug-likeness (QED) is 0.0211. The van der Waals surface area contributed by atoms with Crippen molar-refractivity contribution in [3.05, 3.63) is 97.2 Å². The average Bonchev–Trinajstić information content (AvgIpc) is 3.38. The van der Waals surface area contributed by atoms with Crippen molar-refractivity contribution in [3.63, 3.8) is 0 Å². The number of allylic oxidation sites excluding steroid dienone is 16. The standard InChI is InChI=1S/C66H113NO8/c1-6-8-10-12-14-16-18-20-22-24-26-28-30-31-32-33-35-37-39-41-43-45-47-49-51-53-55-57-64(69)75-62(61-74-66(65(70)71)72-59-58-67(3,4)5)60-73-63(68)56-54-52-50-48-46-44-42-40-38-36-34-29-27-25-23-21-19-17-15-13-11-9-7-2/h8,10,14,16,19-22,25-28,31-32,34,36,62,66H,6-7,9,11-13,15,17-18,23-24,29-30,33,35,37-61H2,1-5H3/p+1/b10-8-,16-14-,21-19-,22-20-,27-25-,28-26-,32-31-,36-34-. The predicted octanol–water partition coefficient (Wildman–Crippen LogP) is 18.1. The fourth-order valence-electron chi connectivity index (χ4n) is 8.16. The van der Waals surface area contributed by atoms with Crippen LogP contribution in [0.1, 0.15) is 245 Å². The number of likely N-dealkylation sites (N-methyl/N-ethyl adjacent to an activating group) is 1. The molecular weight excluding hydrogens is 935 g/mol. The molecule has 0 aromatic rings. The summed E-state index contributed by atoms with van der Waals surface area (Å²) in [4.78, 5) is 37.5. The fourth-order valence-corrected chi connectivity index (χ4v) is 8.16. The van der Waals surface area contributed by atoms with Crippen molar-refractivity contribution in [1.29, 1.82) is 0 Å². The molecule has 75 heavy (non-hydrogen) atoms. The first-order valence-corrected chi connectivity index (χ1v) is 30.4. The summed E-state index contributed by atoms with van der Waals surface area (Å²) < 4.78 is 22.9. The average molecular weight is 1050 g/mol. The van der Waals surface area contributed by atoms with Crippen LogP contribution < -0.4 is 0 Å². The minimum Gasteiger partial charge on any atom is -0.477 e. The van der Waals surface area contributed by atoms with E-state index in [4.69, 9.17) is 18.9 Å². The van der Waals surface area contributed by atoms with Crippen molar-refractivity contribution in [2.45, 2.75) is 257 Å². The summed E-state index contributed by atoms with van der Waals surface area (Å²) in [5, 5.41) is 9.72. The largest absolute Gasteiger partial charge is 0.477 e. The van der Waals surface area contributed by atoms with Gasteiger partial charge in [0.2, 0.25) is 0 Å². The van der Waals surface area contributed by atoms with E-state index in [1.54, 1.807) is 0 Å². The summed E-state index contributed by atoms with van der Waals surface area (Å²) in [6, 6.07) is 0. The van der Waals surface area contributed by atoms with Crippen LogP contribution in [0, 0.1) is 0 Å². The Kier molecular flexibility index (Phi) is 53.6. The Bertz CT molecular complexity index is 1550. The molecule has 0 saturated carbocycles. The lowest BCUT2D eigenvalue weighted by Crippen LogP contribution is -2.40. The Morgan fingerprint density at radius 1 is 0.413 bits per heavy atom. The molecule has 9 heteroatoms. The number of hydrogen-bond donors (Lipinski definition) is 1. The zero-order valence-corrected chi connectivity index (χ0v) is 48.9. The Balaban J connectivity index is 4.26.